The number of nitrogens with zero attached hydrogens (tertiary/aromatic N) is 6. The van der Waals surface area contributed by atoms with Crippen LogP contribution >= 0.6 is 12.2 Å². The van der Waals surface area contributed by atoms with E-state index in [2.05, 4.69) is 9.88 Å². The number of halogens is 3. The van der Waals surface area contributed by atoms with E-state index in [1.807, 2.05) is 4.90 Å². The van der Waals surface area contributed by atoms with Gasteiger partial charge in [-0.1, -0.05) is 0 Å². The normalized spacial score (nSPS) is 18.0. The summed E-state index contributed by atoms with van der Waals surface area (Å²) in [6, 6.07) is 9.07. The van der Waals surface area contributed by atoms with Crippen LogP contribution in [-0.4, -0.2) is 90.3 Å². The molecular formula is C27H29F3N6O4S. The van der Waals surface area contributed by atoms with Crippen LogP contribution in [0.3, 0.4) is 0 Å². The van der Waals surface area contributed by atoms with Crippen molar-refractivity contribution in [2.75, 3.05) is 62.8 Å². The highest BCUT2D eigenvalue weighted by Gasteiger charge is 2.51. The molecule has 0 spiro atoms. The van der Waals surface area contributed by atoms with Crippen molar-refractivity contribution < 1.29 is 32.2 Å². The van der Waals surface area contributed by atoms with E-state index in [-0.39, 0.29) is 23.3 Å². The van der Waals surface area contributed by atoms with Crippen molar-refractivity contribution in [3.8, 4) is 11.8 Å². The Labute approximate surface area is 240 Å². The Balaban J connectivity index is 1.40. The predicted octanol–water partition coefficient (Wildman–Crippen LogP) is 3.06. The maximum atomic E-state index is 13.5. The average Bonchev–Trinajstić information content (AvgIpc) is 3.12. The minimum Gasteiger partial charge on any atom is -0.492 e. The van der Waals surface area contributed by atoms with Gasteiger partial charge in [-0.3, -0.25) is 24.3 Å². The SMILES string of the molecule is COC(=O)CN1CCN(CCOc2ccc(N3C(=S)N(c4cnc(C#N)c(C(F)(F)F)c4)C(=O)C3(C)C)cc2)CC1. The number of rotatable bonds is 8. The molecule has 1 amide bonds. The molecule has 2 aliphatic heterocycles. The molecular weight excluding hydrogens is 561 g/mol. The van der Waals surface area contributed by atoms with Gasteiger partial charge in [-0.15, -0.1) is 0 Å². The number of pyridine rings is 1. The summed E-state index contributed by atoms with van der Waals surface area (Å²) in [4.78, 5) is 35.3. The minimum atomic E-state index is -4.83. The smallest absolute Gasteiger partial charge is 0.419 e. The highest BCUT2D eigenvalue weighted by Crippen LogP contribution is 2.39. The molecule has 0 saturated carbocycles. The Morgan fingerprint density at radius 2 is 1.76 bits per heavy atom. The van der Waals surface area contributed by atoms with Gasteiger partial charge < -0.3 is 14.4 Å². The summed E-state index contributed by atoms with van der Waals surface area (Å²) in [5.41, 5.74) is -2.85. The summed E-state index contributed by atoms with van der Waals surface area (Å²) in [5, 5.41) is 9.03. The summed E-state index contributed by atoms with van der Waals surface area (Å²) in [6.45, 7) is 7.84. The van der Waals surface area contributed by atoms with Gasteiger partial charge in [0.1, 0.15) is 24.0 Å². The molecule has 14 heteroatoms. The molecule has 0 N–H and O–H groups in total. The Hall–Kier alpha value is -3.80. The van der Waals surface area contributed by atoms with Crippen molar-refractivity contribution in [3.63, 3.8) is 0 Å². The van der Waals surface area contributed by atoms with Crippen molar-refractivity contribution >= 4 is 40.6 Å². The minimum absolute atomic E-state index is 0.0142. The zero-order valence-electron chi connectivity index (χ0n) is 22.8. The molecule has 2 aliphatic rings. The van der Waals surface area contributed by atoms with Crippen LogP contribution in [-0.2, 0) is 20.5 Å². The number of anilines is 2. The summed E-state index contributed by atoms with van der Waals surface area (Å²) in [7, 11) is 1.38. The molecule has 2 fully saturated rings. The van der Waals surface area contributed by atoms with E-state index in [0.29, 0.717) is 30.7 Å². The number of carbonyl (C=O) groups is 2. The van der Waals surface area contributed by atoms with Crippen LogP contribution in [0.25, 0.3) is 0 Å². The second-order valence-electron chi connectivity index (χ2n) is 10.1. The number of nitriles is 1. The highest BCUT2D eigenvalue weighted by molar-refractivity contribution is 7.81. The monoisotopic (exact) mass is 590 g/mol. The summed E-state index contributed by atoms with van der Waals surface area (Å²) in [6.07, 6.45) is -3.80. The van der Waals surface area contributed by atoms with Gasteiger partial charge in [0.25, 0.3) is 5.91 Å². The lowest BCUT2D eigenvalue weighted by atomic mass is 10.0. The van der Waals surface area contributed by atoms with Crippen molar-refractivity contribution in [2.24, 2.45) is 0 Å². The number of carbonyl (C=O) groups excluding carboxylic acids is 2. The molecule has 218 valence electrons. The standard InChI is InChI=1S/C27H29F3N6O4S/c1-26(2)24(38)35(19-14-21(27(28,29)30)22(15-31)32-16-19)25(41)36(26)18-4-6-20(7-5-18)40-13-12-33-8-10-34(11-9-33)17-23(37)39-3/h4-7,14,16H,8-13,17H2,1-3H3. The third kappa shape index (κ3) is 6.42. The zero-order valence-corrected chi connectivity index (χ0v) is 23.6. The quantitative estimate of drug-likeness (QED) is 0.337. The summed E-state index contributed by atoms with van der Waals surface area (Å²) in [5.74, 6) is -0.174. The number of esters is 1. The van der Waals surface area contributed by atoms with Crippen LogP contribution < -0.4 is 14.5 Å². The van der Waals surface area contributed by atoms with E-state index in [9.17, 15) is 22.8 Å². The molecule has 0 unspecified atom stereocenters. The molecule has 10 nitrogen and oxygen atoms in total. The van der Waals surface area contributed by atoms with E-state index in [1.54, 1.807) is 43.0 Å². The Kier molecular flexibility index (Phi) is 8.81. The van der Waals surface area contributed by atoms with Gasteiger partial charge in [-0.25, -0.2) is 4.98 Å². The van der Waals surface area contributed by atoms with E-state index >= 15 is 0 Å². The number of piperazine rings is 1. The Morgan fingerprint density at radius 3 is 2.34 bits per heavy atom. The lowest BCUT2D eigenvalue weighted by Crippen LogP contribution is -2.48. The van der Waals surface area contributed by atoms with Crippen LogP contribution in [0, 0.1) is 11.3 Å². The second kappa shape index (κ2) is 12.0. The lowest BCUT2D eigenvalue weighted by Gasteiger charge is -2.33. The second-order valence-corrected chi connectivity index (χ2v) is 10.4. The van der Waals surface area contributed by atoms with Crippen LogP contribution in [0.4, 0.5) is 24.5 Å². The summed E-state index contributed by atoms with van der Waals surface area (Å²) < 4.78 is 51.2. The number of methoxy groups -OCH3 is 1. The molecule has 4 rings (SSSR count). The van der Waals surface area contributed by atoms with Crippen molar-refractivity contribution in [2.45, 2.75) is 25.6 Å². The molecule has 3 heterocycles. The zero-order chi connectivity index (χ0) is 29.9. The van der Waals surface area contributed by atoms with Gasteiger partial charge in [-0.05, 0) is 56.4 Å². The van der Waals surface area contributed by atoms with Crippen LogP contribution in [0.15, 0.2) is 36.5 Å². The fraction of sp³-hybridized carbons (Fsp3) is 0.444. The largest absolute Gasteiger partial charge is 0.492 e. The molecule has 0 bridgehead atoms. The number of hydrogen-bond donors (Lipinski definition) is 0. The fourth-order valence-corrected chi connectivity index (χ4v) is 5.26. The Morgan fingerprint density at radius 1 is 1.12 bits per heavy atom. The number of aromatic nitrogens is 1. The van der Waals surface area contributed by atoms with Crippen molar-refractivity contribution in [1.29, 1.82) is 5.26 Å². The van der Waals surface area contributed by atoms with Crippen molar-refractivity contribution in [3.05, 3.63) is 47.8 Å². The number of hydrogen-bond acceptors (Lipinski definition) is 9. The van der Waals surface area contributed by atoms with E-state index in [1.165, 1.54) is 13.2 Å². The third-order valence-electron chi connectivity index (χ3n) is 7.03. The highest BCUT2D eigenvalue weighted by atomic mass is 32.1. The predicted molar refractivity (Wildman–Crippen MR) is 147 cm³/mol. The molecule has 1 aromatic heterocycles. The van der Waals surface area contributed by atoms with Crippen molar-refractivity contribution in [1.82, 2.24) is 14.8 Å². The van der Waals surface area contributed by atoms with E-state index < -0.39 is 28.9 Å². The van der Waals surface area contributed by atoms with Gasteiger partial charge in [0.05, 0.1) is 31.1 Å². The molecule has 41 heavy (non-hydrogen) atoms. The van der Waals surface area contributed by atoms with Gasteiger partial charge >= 0.3 is 12.1 Å². The molecule has 0 atom stereocenters. The van der Waals surface area contributed by atoms with Crippen LogP contribution in [0.5, 0.6) is 5.75 Å². The maximum Gasteiger partial charge on any atom is 0.419 e. The average molecular weight is 591 g/mol. The third-order valence-corrected chi connectivity index (χ3v) is 7.39. The molecule has 0 radical (unpaired) electrons. The van der Waals surface area contributed by atoms with Crippen LogP contribution in [0.1, 0.15) is 25.1 Å². The number of alkyl halides is 3. The van der Waals surface area contributed by atoms with Gasteiger partial charge in [-0.2, -0.15) is 18.4 Å². The first-order chi connectivity index (χ1) is 19.4. The number of thiocarbonyl (C=S) groups is 1. The molecule has 2 aromatic rings. The van der Waals surface area contributed by atoms with E-state index in [0.717, 1.165) is 37.3 Å². The van der Waals surface area contributed by atoms with Gasteiger partial charge in [0, 0.05) is 38.4 Å². The first-order valence-electron chi connectivity index (χ1n) is 12.8. The molecule has 1 aromatic carbocycles. The first kappa shape index (κ1) is 30.2. The lowest BCUT2D eigenvalue weighted by molar-refractivity contribution is -0.142. The van der Waals surface area contributed by atoms with E-state index in [4.69, 9.17) is 27.0 Å². The number of ether oxygens (including phenoxy) is 2. The molecule has 0 aliphatic carbocycles. The fourth-order valence-electron chi connectivity index (χ4n) is 4.74. The Bertz CT molecular complexity index is 1350. The van der Waals surface area contributed by atoms with Gasteiger partial charge in [0.2, 0.25) is 0 Å². The number of amides is 1. The first-order valence-corrected chi connectivity index (χ1v) is 13.2. The topological polar surface area (TPSA) is 102 Å². The maximum absolute atomic E-state index is 13.5. The molecule has 2 saturated heterocycles. The van der Waals surface area contributed by atoms with Crippen LogP contribution in [0.2, 0.25) is 0 Å². The summed E-state index contributed by atoms with van der Waals surface area (Å²) >= 11 is 5.55. The number of benzene rings is 1. The van der Waals surface area contributed by atoms with Gasteiger partial charge in [0.15, 0.2) is 10.8 Å².